The zero-order valence-corrected chi connectivity index (χ0v) is 20.7. The van der Waals surface area contributed by atoms with Gasteiger partial charge in [0.2, 0.25) is 17.8 Å². The number of methoxy groups -OCH3 is 1. The molecule has 0 spiro atoms. The van der Waals surface area contributed by atoms with Crippen molar-refractivity contribution in [3.05, 3.63) is 54.1 Å². The van der Waals surface area contributed by atoms with Crippen LogP contribution in [0.15, 0.2) is 53.6 Å². The molecule has 1 aromatic heterocycles. The molecule has 12 heteroatoms. The maximum Gasteiger partial charge on any atom is 0.344 e. The molecule has 3 aromatic rings. The van der Waals surface area contributed by atoms with Gasteiger partial charge in [0.25, 0.3) is 0 Å². The summed E-state index contributed by atoms with van der Waals surface area (Å²) in [4.78, 5) is 27.2. The molecule has 0 amide bonds. The Balaban J connectivity index is 1.47. The highest BCUT2D eigenvalue weighted by Gasteiger charge is 2.17. The van der Waals surface area contributed by atoms with Crippen LogP contribution in [0.1, 0.15) is 12.5 Å². The molecule has 0 radical (unpaired) electrons. The number of para-hydroxylation sites is 1. The summed E-state index contributed by atoms with van der Waals surface area (Å²) in [5.41, 5.74) is 4.47. The lowest BCUT2D eigenvalue weighted by molar-refractivity contribution is -0.145. The molecule has 2 heterocycles. The SMILES string of the molecule is CCOC(=O)COc1ccc(/C=N/Nc2nc(Nc3ccccc3)nc(N3CCOCC3)n2)cc1OC. The first-order valence-corrected chi connectivity index (χ1v) is 11.8. The van der Waals surface area contributed by atoms with Crippen molar-refractivity contribution >= 4 is 35.7 Å². The van der Waals surface area contributed by atoms with E-state index in [2.05, 4.69) is 30.8 Å². The fourth-order valence-electron chi connectivity index (χ4n) is 3.41. The first-order valence-electron chi connectivity index (χ1n) is 11.8. The lowest BCUT2D eigenvalue weighted by atomic mass is 10.2. The normalized spacial score (nSPS) is 13.3. The molecular weight excluding hydrogens is 478 g/mol. The number of ether oxygens (including phenoxy) is 4. The summed E-state index contributed by atoms with van der Waals surface area (Å²) in [5, 5.41) is 7.49. The third-order valence-electron chi connectivity index (χ3n) is 5.16. The van der Waals surface area contributed by atoms with Crippen molar-refractivity contribution in [1.29, 1.82) is 0 Å². The van der Waals surface area contributed by atoms with Gasteiger partial charge < -0.3 is 29.2 Å². The number of anilines is 4. The van der Waals surface area contributed by atoms with Crippen LogP contribution < -0.4 is 25.1 Å². The Labute approximate surface area is 214 Å². The highest BCUT2D eigenvalue weighted by atomic mass is 16.6. The predicted octanol–water partition coefficient (Wildman–Crippen LogP) is 2.85. The van der Waals surface area contributed by atoms with Gasteiger partial charge in [-0.05, 0) is 42.8 Å². The standard InChI is InChI=1S/C25H29N7O5/c1-3-36-22(33)17-37-20-10-9-18(15-21(20)34-2)16-26-31-24-28-23(27-19-7-5-4-6-8-19)29-25(30-24)32-11-13-35-14-12-32/h4-10,15-16H,3,11-14,17H2,1-2H3,(H2,27,28,29,30,31)/b26-16+. The van der Waals surface area contributed by atoms with Gasteiger partial charge in [-0.2, -0.15) is 20.1 Å². The van der Waals surface area contributed by atoms with Crippen molar-refractivity contribution < 1.29 is 23.7 Å². The zero-order chi connectivity index (χ0) is 25.9. The van der Waals surface area contributed by atoms with E-state index in [1.165, 1.54) is 7.11 Å². The molecule has 2 aromatic carbocycles. The maximum absolute atomic E-state index is 11.6. The highest BCUT2D eigenvalue weighted by Crippen LogP contribution is 2.27. The molecule has 12 nitrogen and oxygen atoms in total. The molecular formula is C25H29N7O5. The first kappa shape index (κ1) is 25.6. The number of carbonyl (C=O) groups is 1. The number of hydrogen-bond donors (Lipinski definition) is 2. The second-order valence-electron chi connectivity index (χ2n) is 7.75. The minimum Gasteiger partial charge on any atom is -0.493 e. The van der Waals surface area contributed by atoms with Crippen LogP contribution in [0.2, 0.25) is 0 Å². The second-order valence-corrected chi connectivity index (χ2v) is 7.75. The molecule has 194 valence electrons. The van der Waals surface area contributed by atoms with Gasteiger partial charge in [-0.1, -0.05) is 18.2 Å². The summed E-state index contributed by atoms with van der Waals surface area (Å²) in [6.45, 7) is 4.40. The van der Waals surface area contributed by atoms with Crippen molar-refractivity contribution in [2.75, 3.05) is 62.3 Å². The zero-order valence-electron chi connectivity index (χ0n) is 20.7. The Bertz CT molecular complexity index is 1200. The molecule has 0 aliphatic carbocycles. The molecule has 0 atom stereocenters. The number of hydrogen-bond acceptors (Lipinski definition) is 12. The molecule has 1 aliphatic rings. The van der Waals surface area contributed by atoms with Crippen LogP contribution in [0.5, 0.6) is 11.5 Å². The van der Waals surface area contributed by atoms with Gasteiger partial charge in [0, 0.05) is 18.8 Å². The quantitative estimate of drug-likeness (QED) is 0.225. The predicted molar refractivity (Wildman–Crippen MR) is 139 cm³/mol. The largest absolute Gasteiger partial charge is 0.493 e. The van der Waals surface area contributed by atoms with Gasteiger partial charge in [0.15, 0.2) is 18.1 Å². The van der Waals surface area contributed by atoms with Crippen LogP contribution in [0.3, 0.4) is 0 Å². The Hall–Kier alpha value is -4.45. The average Bonchev–Trinajstić information content (AvgIpc) is 2.93. The van der Waals surface area contributed by atoms with Crippen molar-refractivity contribution in [2.24, 2.45) is 5.10 Å². The summed E-state index contributed by atoms with van der Waals surface area (Å²) in [6, 6.07) is 14.9. The van der Waals surface area contributed by atoms with E-state index in [1.807, 2.05) is 35.2 Å². The maximum atomic E-state index is 11.6. The van der Waals surface area contributed by atoms with Gasteiger partial charge in [-0.15, -0.1) is 0 Å². The van der Waals surface area contributed by atoms with Gasteiger partial charge >= 0.3 is 5.97 Å². The minimum absolute atomic E-state index is 0.205. The number of benzene rings is 2. The summed E-state index contributed by atoms with van der Waals surface area (Å²) < 4.78 is 21.2. The molecule has 0 unspecified atom stereocenters. The average molecular weight is 508 g/mol. The van der Waals surface area contributed by atoms with Gasteiger partial charge in [-0.3, -0.25) is 0 Å². The molecule has 4 rings (SSSR count). The van der Waals surface area contributed by atoms with Gasteiger partial charge in [0.05, 0.1) is 33.1 Å². The number of nitrogens with one attached hydrogen (secondary N) is 2. The van der Waals surface area contributed by atoms with Crippen molar-refractivity contribution in [3.8, 4) is 11.5 Å². The van der Waals surface area contributed by atoms with E-state index < -0.39 is 5.97 Å². The van der Waals surface area contributed by atoms with E-state index in [4.69, 9.17) is 18.9 Å². The topological polar surface area (TPSA) is 132 Å². The van der Waals surface area contributed by atoms with Crippen molar-refractivity contribution in [2.45, 2.75) is 6.92 Å². The molecule has 1 fully saturated rings. The number of esters is 1. The van der Waals surface area contributed by atoms with E-state index in [0.717, 1.165) is 11.3 Å². The molecule has 0 bridgehead atoms. The van der Waals surface area contributed by atoms with Crippen LogP contribution in [0.25, 0.3) is 0 Å². The smallest absolute Gasteiger partial charge is 0.344 e. The summed E-state index contributed by atoms with van der Waals surface area (Å²) in [6.07, 6.45) is 1.60. The molecule has 1 aliphatic heterocycles. The molecule has 0 saturated carbocycles. The minimum atomic E-state index is -0.450. The molecule has 1 saturated heterocycles. The Kier molecular flexibility index (Phi) is 9.02. The second kappa shape index (κ2) is 13.0. The van der Waals surface area contributed by atoms with Crippen molar-refractivity contribution in [3.63, 3.8) is 0 Å². The Morgan fingerprint density at radius 3 is 2.62 bits per heavy atom. The van der Waals surface area contributed by atoms with Gasteiger partial charge in [-0.25, -0.2) is 10.2 Å². The molecule has 37 heavy (non-hydrogen) atoms. The van der Waals surface area contributed by atoms with Crippen LogP contribution in [0.4, 0.5) is 23.5 Å². The Morgan fingerprint density at radius 2 is 1.86 bits per heavy atom. The summed E-state index contributed by atoms with van der Waals surface area (Å²) >= 11 is 0. The van der Waals surface area contributed by atoms with Crippen LogP contribution >= 0.6 is 0 Å². The molecule has 2 N–H and O–H groups in total. The monoisotopic (exact) mass is 507 g/mol. The first-order chi connectivity index (χ1) is 18.1. The van der Waals surface area contributed by atoms with E-state index >= 15 is 0 Å². The number of nitrogens with zero attached hydrogens (tertiary/aromatic N) is 5. The summed E-state index contributed by atoms with van der Waals surface area (Å²) in [7, 11) is 1.52. The van der Waals surface area contributed by atoms with E-state index in [1.54, 1.807) is 31.3 Å². The highest BCUT2D eigenvalue weighted by molar-refractivity contribution is 5.81. The van der Waals surface area contributed by atoms with E-state index in [9.17, 15) is 4.79 Å². The number of aromatic nitrogens is 3. The van der Waals surface area contributed by atoms with Crippen LogP contribution in [0, 0.1) is 0 Å². The van der Waals surface area contributed by atoms with Crippen LogP contribution in [-0.2, 0) is 14.3 Å². The number of carbonyl (C=O) groups excluding carboxylic acids is 1. The van der Waals surface area contributed by atoms with Gasteiger partial charge in [0.1, 0.15) is 0 Å². The van der Waals surface area contributed by atoms with Crippen LogP contribution in [-0.4, -0.2) is 73.8 Å². The fourth-order valence-corrected chi connectivity index (χ4v) is 3.41. The Morgan fingerprint density at radius 1 is 1.08 bits per heavy atom. The van der Waals surface area contributed by atoms with Crippen molar-refractivity contribution in [1.82, 2.24) is 15.0 Å². The van der Waals surface area contributed by atoms with E-state index in [0.29, 0.717) is 56.3 Å². The van der Waals surface area contributed by atoms with E-state index in [-0.39, 0.29) is 12.6 Å². The lowest BCUT2D eigenvalue weighted by Gasteiger charge is -2.27. The number of rotatable bonds is 11. The third-order valence-corrected chi connectivity index (χ3v) is 5.16. The number of hydrazone groups is 1. The fraction of sp³-hybridized carbons (Fsp3) is 0.320. The summed E-state index contributed by atoms with van der Waals surface area (Å²) in [5.74, 6) is 1.63. The lowest BCUT2D eigenvalue weighted by Crippen LogP contribution is -2.37. The third kappa shape index (κ3) is 7.51. The number of morpholine rings is 1.